The Morgan fingerprint density at radius 2 is 1.83 bits per heavy atom. The molecule has 2 aliphatic heterocycles. The van der Waals surface area contributed by atoms with E-state index < -0.39 is 0 Å². The van der Waals surface area contributed by atoms with Crippen molar-refractivity contribution in [2.45, 2.75) is 38.9 Å². The third-order valence-electron chi connectivity index (χ3n) is 4.69. The van der Waals surface area contributed by atoms with Gasteiger partial charge in [-0.3, -0.25) is 0 Å². The summed E-state index contributed by atoms with van der Waals surface area (Å²) in [4.78, 5) is 0. The van der Waals surface area contributed by atoms with Gasteiger partial charge in [0.2, 0.25) is 0 Å². The highest BCUT2D eigenvalue weighted by molar-refractivity contribution is 5.89. The van der Waals surface area contributed by atoms with Crippen LogP contribution in [0.4, 0.5) is 0 Å². The normalized spacial score (nSPS) is 21.8. The molecule has 2 aromatic carbocycles. The number of phenolic OH excluding ortho intramolecular Hbond substituents is 2. The van der Waals surface area contributed by atoms with E-state index in [1.807, 2.05) is 32.1 Å². The Labute approximate surface area is 141 Å². The van der Waals surface area contributed by atoms with E-state index in [1.165, 1.54) is 0 Å². The molecule has 2 heterocycles. The molecule has 4 heteroatoms. The van der Waals surface area contributed by atoms with Crippen LogP contribution in [0.3, 0.4) is 0 Å². The molecule has 0 saturated heterocycles. The van der Waals surface area contributed by atoms with Crippen molar-refractivity contribution in [2.75, 3.05) is 0 Å². The van der Waals surface area contributed by atoms with Crippen LogP contribution < -0.4 is 9.47 Å². The number of ether oxygens (including phenoxy) is 2. The number of hydrogen-bond donors (Lipinski definition) is 2. The van der Waals surface area contributed by atoms with Gasteiger partial charge in [0.1, 0.15) is 29.1 Å². The summed E-state index contributed by atoms with van der Waals surface area (Å²) in [7, 11) is 0. The number of aryl methyl sites for hydroxylation is 1. The van der Waals surface area contributed by atoms with Crippen molar-refractivity contribution in [2.24, 2.45) is 0 Å². The van der Waals surface area contributed by atoms with E-state index in [0.717, 1.165) is 40.9 Å². The van der Waals surface area contributed by atoms with Crippen molar-refractivity contribution >= 4 is 11.6 Å². The third-order valence-corrected chi connectivity index (χ3v) is 4.69. The Hall–Kier alpha value is -2.62. The molecule has 0 bridgehead atoms. The second kappa shape index (κ2) is 5.48. The summed E-state index contributed by atoms with van der Waals surface area (Å²) in [5.41, 5.74) is 3.71. The summed E-state index contributed by atoms with van der Waals surface area (Å²) in [6.07, 6.45) is 3.89. The van der Waals surface area contributed by atoms with E-state index in [-0.39, 0.29) is 23.7 Å². The van der Waals surface area contributed by atoms with Gasteiger partial charge < -0.3 is 19.7 Å². The SMILES string of the molecule is CC1CCc2cc(C3=Cc4ccc(O)cc4OC3C)c(O)cc2O1. The first-order valence-electron chi connectivity index (χ1n) is 8.25. The van der Waals surface area contributed by atoms with Gasteiger partial charge >= 0.3 is 0 Å². The summed E-state index contributed by atoms with van der Waals surface area (Å²) >= 11 is 0. The van der Waals surface area contributed by atoms with Crippen molar-refractivity contribution in [3.63, 3.8) is 0 Å². The lowest BCUT2D eigenvalue weighted by atomic mass is 9.91. The van der Waals surface area contributed by atoms with Crippen LogP contribution in [0.1, 0.15) is 37.0 Å². The van der Waals surface area contributed by atoms with Crippen LogP contribution in [-0.4, -0.2) is 22.4 Å². The van der Waals surface area contributed by atoms with Gasteiger partial charge in [-0.05, 0) is 56.5 Å². The molecule has 0 aliphatic carbocycles. The lowest BCUT2D eigenvalue weighted by Crippen LogP contribution is -2.20. The van der Waals surface area contributed by atoms with Crippen LogP contribution >= 0.6 is 0 Å². The van der Waals surface area contributed by atoms with Crippen molar-refractivity contribution in [3.8, 4) is 23.0 Å². The van der Waals surface area contributed by atoms with E-state index in [4.69, 9.17) is 9.47 Å². The Morgan fingerprint density at radius 3 is 2.67 bits per heavy atom. The van der Waals surface area contributed by atoms with Crippen molar-refractivity contribution in [1.29, 1.82) is 0 Å². The lowest BCUT2D eigenvalue weighted by molar-refractivity contribution is 0.191. The standard InChI is InChI=1S/C20H20O4/c1-11-3-4-13-8-17(18(22)10-20(13)23-11)16-7-14-5-6-15(21)9-19(14)24-12(16)2/h5-12,21-22H,3-4H2,1-2H3. The molecule has 0 spiro atoms. The molecule has 4 nitrogen and oxygen atoms in total. The maximum Gasteiger partial charge on any atom is 0.131 e. The predicted octanol–water partition coefficient (Wildman–Crippen LogP) is 4.13. The topological polar surface area (TPSA) is 58.9 Å². The summed E-state index contributed by atoms with van der Waals surface area (Å²) in [6.45, 7) is 3.98. The van der Waals surface area contributed by atoms with E-state index in [9.17, 15) is 10.2 Å². The number of rotatable bonds is 1. The van der Waals surface area contributed by atoms with Crippen LogP contribution in [0.15, 0.2) is 30.3 Å². The zero-order chi connectivity index (χ0) is 16.8. The first kappa shape index (κ1) is 14.9. The second-order valence-electron chi connectivity index (χ2n) is 6.53. The van der Waals surface area contributed by atoms with E-state index in [0.29, 0.717) is 5.75 Å². The van der Waals surface area contributed by atoms with E-state index in [1.54, 1.807) is 18.2 Å². The fourth-order valence-corrected chi connectivity index (χ4v) is 3.36. The zero-order valence-electron chi connectivity index (χ0n) is 13.7. The van der Waals surface area contributed by atoms with E-state index in [2.05, 4.69) is 0 Å². The Morgan fingerprint density at radius 1 is 1.00 bits per heavy atom. The molecular weight excluding hydrogens is 304 g/mol. The van der Waals surface area contributed by atoms with Crippen LogP contribution in [0.2, 0.25) is 0 Å². The number of fused-ring (bicyclic) bond motifs is 2. The highest BCUT2D eigenvalue weighted by atomic mass is 16.5. The molecule has 24 heavy (non-hydrogen) atoms. The molecule has 0 saturated carbocycles. The van der Waals surface area contributed by atoms with Crippen molar-refractivity contribution in [1.82, 2.24) is 0 Å². The van der Waals surface area contributed by atoms with Gasteiger partial charge in [0.05, 0.1) is 6.10 Å². The molecule has 4 rings (SSSR count). The van der Waals surface area contributed by atoms with Gasteiger partial charge in [0.25, 0.3) is 0 Å². The van der Waals surface area contributed by atoms with Crippen LogP contribution in [-0.2, 0) is 6.42 Å². The summed E-state index contributed by atoms with van der Waals surface area (Å²) < 4.78 is 11.7. The Kier molecular flexibility index (Phi) is 3.41. The van der Waals surface area contributed by atoms with Crippen LogP contribution in [0.25, 0.3) is 11.6 Å². The van der Waals surface area contributed by atoms with Gasteiger partial charge in [-0.1, -0.05) is 0 Å². The molecule has 2 unspecified atom stereocenters. The van der Waals surface area contributed by atoms with Gasteiger partial charge in [0, 0.05) is 28.8 Å². The fourth-order valence-electron chi connectivity index (χ4n) is 3.36. The van der Waals surface area contributed by atoms with Gasteiger partial charge in [-0.25, -0.2) is 0 Å². The summed E-state index contributed by atoms with van der Waals surface area (Å²) in [5, 5.41) is 20.1. The molecular formula is C20H20O4. The fraction of sp³-hybridized carbons (Fsp3) is 0.300. The molecule has 2 aliphatic rings. The molecule has 2 aromatic rings. The van der Waals surface area contributed by atoms with Crippen molar-refractivity contribution < 1.29 is 19.7 Å². The maximum absolute atomic E-state index is 10.5. The minimum absolute atomic E-state index is 0.179. The average Bonchev–Trinajstić information content (AvgIpc) is 2.53. The Bertz CT molecular complexity index is 838. The molecule has 124 valence electrons. The smallest absolute Gasteiger partial charge is 0.131 e. The minimum Gasteiger partial charge on any atom is -0.508 e. The first-order chi connectivity index (χ1) is 11.5. The molecule has 2 atom stereocenters. The number of benzene rings is 2. The summed E-state index contributed by atoms with van der Waals surface area (Å²) in [6, 6.07) is 8.78. The zero-order valence-corrected chi connectivity index (χ0v) is 13.7. The van der Waals surface area contributed by atoms with E-state index >= 15 is 0 Å². The number of phenols is 2. The quantitative estimate of drug-likeness (QED) is 0.828. The van der Waals surface area contributed by atoms with Gasteiger partial charge in [-0.2, -0.15) is 0 Å². The molecule has 0 radical (unpaired) electrons. The summed E-state index contributed by atoms with van der Waals surface area (Å²) in [5.74, 6) is 1.80. The molecule has 0 aromatic heterocycles. The van der Waals surface area contributed by atoms with Crippen LogP contribution in [0.5, 0.6) is 23.0 Å². The highest BCUT2D eigenvalue weighted by Crippen LogP contribution is 2.42. The molecule has 0 fully saturated rings. The highest BCUT2D eigenvalue weighted by Gasteiger charge is 2.25. The maximum atomic E-state index is 10.5. The van der Waals surface area contributed by atoms with Crippen molar-refractivity contribution in [3.05, 3.63) is 47.0 Å². The molecule has 0 amide bonds. The minimum atomic E-state index is -0.216. The monoisotopic (exact) mass is 324 g/mol. The molecule has 2 N–H and O–H groups in total. The third kappa shape index (κ3) is 2.48. The largest absolute Gasteiger partial charge is 0.508 e. The van der Waals surface area contributed by atoms with Crippen LogP contribution in [0, 0.1) is 0 Å². The number of aromatic hydroxyl groups is 2. The predicted molar refractivity (Wildman–Crippen MR) is 92.6 cm³/mol. The number of hydrogen-bond acceptors (Lipinski definition) is 4. The first-order valence-corrected chi connectivity index (χ1v) is 8.25. The van der Waals surface area contributed by atoms with Gasteiger partial charge in [0.15, 0.2) is 0 Å². The Balaban J connectivity index is 1.79. The van der Waals surface area contributed by atoms with Gasteiger partial charge in [-0.15, -0.1) is 0 Å². The second-order valence-corrected chi connectivity index (χ2v) is 6.53. The lowest BCUT2D eigenvalue weighted by Gasteiger charge is -2.28. The average molecular weight is 324 g/mol.